The number of pyridine rings is 1. The average molecular weight is 513 g/mol. The zero-order valence-electron chi connectivity index (χ0n) is 15.2. The van der Waals surface area contributed by atoms with Crippen molar-refractivity contribution in [3.8, 4) is 23.0 Å². The Balaban J connectivity index is 1.63. The van der Waals surface area contributed by atoms with Crippen LogP contribution in [0.1, 0.15) is 30.2 Å². The Kier molecular flexibility index (Phi) is 4.84. The highest BCUT2D eigenvalue weighted by atomic mass is 127. The Labute approximate surface area is 177 Å². The van der Waals surface area contributed by atoms with Crippen molar-refractivity contribution < 1.29 is 23.0 Å². The van der Waals surface area contributed by atoms with Crippen molar-refractivity contribution in [2.24, 2.45) is 0 Å². The molecule has 11 heteroatoms. The zero-order valence-corrected chi connectivity index (χ0v) is 17.3. The Morgan fingerprint density at radius 1 is 1.28 bits per heavy atom. The molecule has 8 nitrogen and oxygen atoms in total. The molecule has 150 valence electrons. The number of hydrogen-bond donors (Lipinski definition) is 1. The van der Waals surface area contributed by atoms with Gasteiger partial charge in [0.25, 0.3) is 5.91 Å². The second-order valence-corrected chi connectivity index (χ2v) is 7.71. The van der Waals surface area contributed by atoms with Gasteiger partial charge in [0, 0.05) is 9.61 Å². The summed E-state index contributed by atoms with van der Waals surface area (Å²) in [6, 6.07) is 7.93. The first-order valence-electron chi connectivity index (χ1n) is 8.51. The molecule has 1 aromatic carbocycles. The number of rotatable bonds is 4. The summed E-state index contributed by atoms with van der Waals surface area (Å²) < 4.78 is 38.2. The fourth-order valence-corrected chi connectivity index (χ4v) is 3.40. The molecule has 0 unspecified atom stereocenters. The van der Waals surface area contributed by atoms with Gasteiger partial charge in [-0.05, 0) is 60.7 Å². The fraction of sp³-hybridized carbons (Fsp3) is 0.222. The SMILES string of the molecule is CC(C)n1cnnc1-c1cccc(NC(=O)c2cc(I)cc3c2OC(F)(F)O3)n1. The van der Waals surface area contributed by atoms with Crippen LogP contribution in [0.2, 0.25) is 0 Å². The monoisotopic (exact) mass is 513 g/mol. The van der Waals surface area contributed by atoms with Crippen LogP contribution in [-0.4, -0.2) is 32.0 Å². The maximum Gasteiger partial charge on any atom is 0.586 e. The van der Waals surface area contributed by atoms with Gasteiger partial charge in [-0.25, -0.2) is 4.98 Å². The van der Waals surface area contributed by atoms with Gasteiger partial charge in [0.1, 0.15) is 17.8 Å². The van der Waals surface area contributed by atoms with Gasteiger partial charge >= 0.3 is 6.29 Å². The summed E-state index contributed by atoms with van der Waals surface area (Å²) in [6.45, 7) is 3.96. The lowest BCUT2D eigenvalue weighted by Gasteiger charge is -2.11. The first kappa shape index (κ1) is 19.5. The Morgan fingerprint density at radius 3 is 2.83 bits per heavy atom. The third-order valence-electron chi connectivity index (χ3n) is 4.06. The number of benzene rings is 1. The molecule has 0 fully saturated rings. The van der Waals surface area contributed by atoms with Crippen molar-refractivity contribution in [3.05, 3.63) is 45.8 Å². The second-order valence-electron chi connectivity index (χ2n) is 6.47. The molecule has 1 N–H and O–H groups in total. The molecular formula is C18H14F2IN5O3. The van der Waals surface area contributed by atoms with E-state index in [4.69, 9.17) is 0 Å². The number of ether oxygens (including phenoxy) is 2. The van der Waals surface area contributed by atoms with Gasteiger partial charge in [0.05, 0.1) is 5.56 Å². The number of fused-ring (bicyclic) bond motifs is 1. The number of nitrogens with one attached hydrogen (secondary N) is 1. The number of anilines is 1. The molecule has 0 aliphatic carbocycles. The van der Waals surface area contributed by atoms with Crippen molar-refractivity contribution in [3.63, 3.8) is 0 Å². The maximum absolute atomic E-state index is 13.4. The average Bonchev–Trinajstić information content (AvgIpc) is 3.24. The van der Waals surface area contributed by atoms with E-state index in [1.54, 1.807) is 24.5 Å². The second kappa shape index (κ2) is 7.21. The van der Waals surface area contributed by atoms with Crippen molar-refractivity contribution in [1.82, 2.24) is 19.7 Å². The quantitative estimate of drug-likeness (QED) is 0.529. The molecule has 2 aromatic heterocycles. The van der Waals surface area contributed by atoms with Crippen LogP contribution in [0.3, 0.4) is 0 Å². The molecule has 0 atom stereocenters. The fourth-order valence-electron chi connectivity index (χ4n) is 2.80. The Hall–Kier alpha value is -2.83. The molecule has 0 radical (unpaired) electrons. The van der Waals surface area contributed by atoms with Crippen LogP contribution in [0.5, 0.6) is 11.5 Å². The maximum atomic E-state index is 13.4. The molecule has 0 bridgehead atoms. The number of nitrogens with zero attached hydrogens (tertiary/aromatic N) is 4. The minimum Gasteiger partial charge on any atom is -0.395 e. The molecule has 3 aromatic rings. The van der Waals surface area contributed by atoms with E-state index in [1.165, 1.54) is 12.1 Å². The summed E-state index contributed by atoms with van der Waals surface area (Å²) in [4.78, 5) is 17.1. The summed E-state index contributed by atoms with van der Waals surface area (Å²) in [5.41, 5.74) is 0.426. The summed E-state index contributed by atoms with van der Waals surface area (Å²) in [5.74, 6) is -0.398. The number of hydrogen-bond acceptors (Lipinski definition) is 6. The van der Waals surface area contributed by atoms with E-state index < -0.39 is 12.2 Å². The number of carbonyl (C=O) groups is 1. The predicted octanol–water partition coefficient (Wildman–Crippen LogP) is 4.10. The minimum absolute atomic E-state index is 0.0818. The van der Waals surface area contributed by atoms with E-state index in [1.807, 2.05) is 41.0 Å². The van der Waals surface area contributed by atoms with E-state index in [0.717, 1.165) is 0 Å². The van der Waals surface area contributed by atoms with Crippen LogP contribution in [0, 0.1) is 3.57 Å². The largest absolute Gasteiger partial charge is 0.586 e. The normalized spacial score (nSPS) is 14.3. The number of amides is 1. The molecule has 1 amide bonds. The van der Waals surface area contributed by atoms with E-state index in [9.17, 15) is 13.6 Å². The summed E-state index contributed by atoms with van der Waals surface area (Å²) in [5, 5.41) is 10.6. The van der Waals surface area contributed by atoms with E-state index in [-0.39, 0.29) is 28.9 Å². The van der Waals surface area contributed by atoms with E-state index >= 15 is 0 Å². The van der Waals surface area contributed by atoms with Crippen LogP contribution in [-0.2, 0) is 0 Å². The van der Waals surface area contributed by atoms with Gasteiger partial charge in [0.15, 0.2) is 17.3 Å². The van der Waals surface area contributed by atoms with Gasteiger partial charge < -0.3 is 19.4 Å². The lowest BCUT2D eigenvalue weighted by atomic mass is 10.1. The highest BCUT2D eigenvalue weighted by Crippen LogP contribution is 2.44. The molecule has 1 aliphatic rings. The van der Waals surface area contributed by atoms with Gasteiger partial charge in [-0.1, -0.05) is 6.07 Å². The minimum atomic E-state index is -3.82. The molecule has 0 saturated heterocycles. The topological polar surface area (TPSA) is 91.2 Å². The van der Waals surface area contributed by atoms with Gasteiger partial charge in [-0.15, -0.1) is 19.0 Å². The standard InChI is InChI=1S/C18H14F2IN5O3/c1-9(2)26-8-22-25-16(26)12-4-3-5-14(23-12)24-17(27)11-6-10(21)7-13-15(11)29-18(19,20)28-13/h3-9H,1-2H3,(H,23,24,27). The van der Waals surface area contributed by atoms with E-state index in [0.29, 0.717) is 15.1 Å². The van der Waals surface area contributed by atoms with Gasteiger partial charge in [0.2, 0.25) is 0 Å². The summed E-state index contributed by atoms with van der Waals surface area (Å²) in [6.07, 6.45) is -2.22. The lowest BCUT2D eigenvalue weighted by Crippen LogP contribution is -2.26. The molecule has 0 saturated carbocycles. The number of halogens is 3. The number of aromatic nitrogens is 4. The summed E-state index contributed by atoms with van der Waals surface area (Å²) in [7, 11) is 0. The van der Waals surface area contributed by atoms with Gasteiger partial charge in [-0.3, -0.25) is 4.79 Å². The lowest BCUT2D eigenvalue weighted by molar-refractivity contribution is -0.286. The zero-order chi connectivity index (χ0) is 20.8. The molecular weight excluding hydrogens is 499 g/mol. The molecule has 4 rings (SSSR count). The molecule has 1 aliphatic heterocycles. The highest BCUT2D eigenvalue weighted by molar-refractivity contribution is 14.1. The summed E-state index contributed by atoms with van der Waals surface area (Å²) >= 11 is 1.90. The molecule has 0 spiro atoms. The third-order valence-corrected chi connectivity index (χ3v) is 4.69. The number of alkyl halides is 2. The van der Waals surface area contributed by atoms with Gasteiger partial charge in [-0.2, -0.15) is 0 Å². The highest BCUT2D eigenvalue weighted by Gasteiger charge is 2.45. The van der Waals surface area contributed by atoms with Crippen molar-refractivity contribution in [1.29, 1.82) is 0 Å². The van der Waals surface area contributed by atoms with Crippen LogP contribution < -0.4 is 14.8 Å². The first-order chi connectivity index (χ1) is 13.7. The van der Waals surface area contributed by atoms with E-state index in [2.05, 4.69) is 30.0 Å². The van der Waals surface area contributed by atoms with Crippen LogP contribution in [0.4, 0.5) is 14.6 Å². The van der Waals surface area contributed by atoms with Crippen LogP contribution in [0.25, 0.3) is 11.5 Å². The first-order valence-corrected chi connectivity index (χ1v) is 9.59. The smallest absolute Gasteiger partial charge is 0.395 e. The van der Waals surface area contributed by atoms with Crippen molar-refractivity contribution in [2.75, 3.05) is 5.32 Å². The molecule has 29 heavy (non-hydrogen) atoms. The van der Waals surface area contributed by atoms with Crippen LogP contribution in [0.15, 0.2) is 36.7 Å². The van der Waals surface area contributed by atoms with Crippen molar-refractivity contribution >= 4 is 34.3 Å². The Morgan fingerprint density at radius 2 is 2.07 bits per heavy atom. The molecule has 3 heterocycles. The van der Waals surface area contributed by atoms with Crippen molar-refractivity contribution in [2.45, 2.75) is 26.2 Å². The number of carbonyl (C=O) groups excluding carboxylic acids is 1. The Bertz CT molecular complexity index is 1100. The van der Waals surface area contributed by atoms with Crippen LogP contribution >= 0.6 is 22.6 Å². The third kappa shape index (κ3) is 3.86. The predicted molar refractivity (Wildman–Crippen MR) is 107 cm³/mol.